The first-order valence-electron chi connectivity index (χ1n) is 4.54. The summed E-state index contributed by atoms with van der Waals surface area (Å²) < 4.78 is 0. The monoisotopic (exact) mass is 231 g/mol. The largest absolute Gasteiger partial charge is 0.393 e. The predicted molar refractivity (Wildman–Crippen MR) is 59.1 cm³/mol. The molecular formula is C10H11Cl2NO. The van der Waals surface area contributed by atoms with E-state index in [1.807, 2.05) is 12.1 Å². The molecule has 1 aromatic carbocycles. The number of hydrogen-bond acceptors (Lipinski definition) is 2. The third kappa shape index (κ3) is 2.32. The van der Waals surface area contributed by atoms with Crippen molar-refractivity contribution < 1.29 is 5.11 Å². The van der Waals surface area contributed by atoms with Crippen LogP contribution in [0.3, 0.4) is 0 Å². The van der Waals surface area contributed by atoms with Crippen molar-refractivity contribution in [3.05, 3.63) is 28.2 Å². The fourth-order valence-electron chi connectivity index (χ4n) is 1.58. The van der Waals surface area contributed by atoms with Gasteiger partial charge in [-0.2, -0.15) is 0 Å². The molecule has 2 rings (SSSR count). The number of hydrogen-bond donors (Lipinski definition) is 2. The van der Waals surface area contributed by atoms with Gasteiger partial charge in [-0.15, -0.1) is 0 Å². The summed E-state index contributed by atoms with van der Waals surface area (Å²) in [5.41, 5.74) is 0.916. The molecule has 0 atom stereocenters. The lowest BCUT2D eigenvalue weighted by molar-refractivity contribution is 0.0836. The Labute approximate surface area is 92.8 Å². The summed E-state index contributed by atoms with van der Waals surface area (Å²) in [5.74, 6) is 0. The summed E-state index contributed by atoms with van der Waals surface area (Å²) in [5, 5.41) is 13.6. The van der Waals surface area contributed by atoms with E-state index in [0.717, 1.165) is 18.5 Å². The molecule has 0 amide bonds. The quantitative estimate of drug-likeness (QED) is 0.821. The second-order valence-corrected chi connectivity index (χ2v) is 4.50. The zero-order valence-corrected chi connectivity index (χ0v) is 9.02. The Morgan fingerprint density at radius 3 is 2.21 bits per heavy atom. The van der Waals surface area contributed by atoms with Crippen LogP contribution in [0.5, 0.6) is 0 Å². The highest BCUT2D eigenvalue weighted by Crippen LogP contribution is 2.27. The van der Waals surface area contributed by atoms with E-state index in [1.165, 1.54) is 0 Å². The van der Waals surface area contributed by atoms with Crippen molar-refractivity contribution in [1.29, 1.82) is 0 Å². The zero-order chi connectivity index (χ0) is 10.1. The first kappa shape index (κ1) is 10.1. The average molecular weight is 232 g/mol. The minimum absolute atomic E-state index is 0.151. The first-order chi connectivity index (χ1) is 6.63. The van der Waals surface area contributed by atoms with Gasteiger partial charge in [-0.05, 0) is 31.0 Å². The molecule has 1 saturated carbocycles. The summed E-state index contributed by atoms with van der Waals surface area (Å²) in [4.78, 5) is 0. The lowest BCUT2D eigenvalue weighted by Crippen LogP contribution is -2.38. The van der Waals surface area contributed by atoms with Crippen molar-refractivity contribution >= 4 is 28.9 Å². The molecule has 14 heavy (non-hydrogen) atoms. The molecule has 0 radical (unpaired) electrons. The SMILES string of the molecule is OC1CC(Nc2cc(Cl)cc(Cl)c2)C1. The fourth-order valence-corrected chi connectivity index (χ4v) is 2.10. The third-order valence-corrected chi connectivity index (χ3v) is 2.78. The topological polar surface area (TPSA) is 32.3 Å². The molecule has 2 nitrogen and oxygen atoms in total. The molecule has 1 aliphatic carbocycles. The summed E-state index contributed by atoms with van der Waals surface area (Å²) in [6, 6.07) is 5.71. The summed E-state index contributed by atoms with van der Waals surface area (Å²) in [6.07, 6.45) is 1.44. The highest BCUT2D eigenvalue weighted by atomic mass is 35.5. The predicted octanol–water partition coefficient (Wildman–Crippen LogP) is 2.93. The van der Waals surface area contributed by atoms with E-state index in [9.17, 15) is 0 Å². The van der Waals surface area contributed by atoms with E-state index in [2.05, 4.69) is 5.32 Å². The Hall–Kier alpha value is -0.440. The molecule has 1 fully saturated rings. The highest BCUT2D eigenvalue weighted by Gasteiger charge is 2.26. The van der Waals surface area contributed by atoms with Crippen LogP contribution in [-0.4, -0.2) is 17.3 Å². The second kappa shape index (κ2) is 3.97. The van der Waals surface area contributed by atoms with Crippen LogP contribution >= 0.6 is 23.2 Å². The minimum atomic E-state index is -0.151. The van der Waals surface area contributed by atoms with Crippen LogP contribution in [-0.2, 0) is 0 Å². The van der Waals surface area contributed by atoms with Gasteiger partial charge in [0.1, 0.15) is 0 Å². The number of benzene rings is 1. The van der Waals surface area contributed by atoms with Crippen molar-refractivity contribution in [2.45, 2.75) is 25.0 Å². The van der Waals surface area contributed by atoms with Gasteiger partial charge < -0.3 is 10.4 Å². The van der Waals surface area contributed by atoms with E-state index < -0.39 is 0 Å². The molecular weight excluding hydrogens is 221 g/mol. The fraction of sp³-hybridized carbons (Fsp3) is 0.400. The third-order valence-electron chi connectivity index (χ3n) is 2.35. The molecule has 0 spiro atoms. The summed E-state index contributed by atoms with van der Waals surface area (Å²) in [7, 11) is 0. The number of nitrogens with one attached hydrogen (secondary N) is 1. The van der Waals surface area contributed by atoms with Gasteiger partial charge in [0.2, 0.25) is 0 Å². The van der Waals surface area contributed by atoms with Crippen LogP contribution in [0.1, 0.15) is 12.8 Å². The molecule has 4 heteroatoms. The molecule has 0 heterocycles. The Balaban J connectivity index is 2.02. The number of aliphatic hydroxyl groups excluding tert-OH is 1. The molecule has 76 valence electrons. The number of aliphatic hydroxyl groups is 1. The number of halogens is 2. The molecule has 0 aliphatic heterocycles. The van der Waals surface area contributed by atoms with Crippen LogP contribution in [0.2, 0.25) is 10.0 Å². The second-order valence-electron chi connectivity index (χ2n) is 3.62. The Kier molecular flexibility index (Phi) is 2.86. The van der Waals surface area contributed by atoms with Crippen LogP contribution in [0.25, 0.3) is 0 Å². The van der Waals surface area contributed by atoms with Crippen molar-refractivity contribution in [1.82, 2.24) is 0 Å². The van der Waals surface area contributed by atoms with Crippen LogP contribution in [0, 0.1) is 0 Å². The molecule has 0 bridgehead atoms. The van der Waals surface area contributed by atoms with Gasteiger partial charge in [-0.1, -0.05) is 23.2 Å². The maximum absolute atomic E-state index is 9.11. The standard InChI is InChI=1S/C10H11Cl2NO/c11-6-1-7(12)3-8(2-6)13-9-4-10(14)5-9/h1-3,9-10,13-14H,4-5H2. The lowest BCUT2D eigenvalue weighted by Gasteiger charge is -2.32. The smallest absolute Gasteiger partial charge is 0.0579 e. The normalized spacial score (nSPS) is 25.6. The summed E-state index contributed by atoms with van der Waals surface area (Å²) >= 11 is 11.7. The van der Waals surface area contributed by atoms with E-state index >= 15 is 0 Å². The lowest BCUT2D eigenvalue weighted by atomic mass is 9.89. The Bertz CT molecular complexity index is 317. The maximum atomic E-state index is 9.11. The minimum Gasteiger partial charge on any atom is -0.393 e. The van der Waals surface area contributed by atoms with Gasteiger partial charge in [0.05, 0.1) is 6.10 Å². The van der Waals surface area contributed by atoms with E-state index in [4.69, 9.17) is 28.3 Å². The van der Waals surface area contributed by atoms with Gasteiger partial charge >= 0.3 is 0 Å². The van der Waals surface area contributed by atoms with Crippen molar-refractivity contribution in [2.24, 2.45) is 0 Å². The Morgan fingerprint density at radius 2 is 1.71 bits per heavy atom. The van der Waals surface area contributed by atoms with E-state index in [1.54, 1.807) is 6.07 Å². The van der Waals surface area contributed by atoms with Gasteiger partial charge in [0, 0.05) is 21.8 Å². The van der Waals surface area contributed by atoms with Crippen molar-refractivity contribution in [2.75, 3.05) is 5.32 Å². The van der Waals surface area contributed by atoms with Crippen LogP contribution in [0.4, 0.5) is 5.69 Å². The average Bonchev–Trinajstić information content (AvgIpc) is 1.99. The molecule has 0 saturated heterocycles. The van der Waals surface area contributed by atoms with Crippen LogP contribution < -0.4 is 5.32 Å². The number of anilines is 1. The molecule has 1 aromatic rings. The van der Waals surface area contributed by atoms with Crippen molar-refractivity contribution in [3.8, 4) is 0 Å². The first-order valence-corrected chi connectivity index (χ1v) is 5.30. The number of rotatable bonds is 2. The molecule has 0 aromatic heterocycles. The van der Waals surface area contributed by atoms with Gasteiger partial charge in [-0.25, -0.2) is 0 Å². The Morgan fingerprint density at radius 1 is 1.14 bits per heavy atom. The van der Waals surface area contributed by atoms with E-state index in [-0.39, 0.29) is 6.10 Å². The van der Waals surface area contributed by atoms with Crippen LogP contribution in [0.15, 0.2) is 18.2 Å². The maximum Gasteiger partial charge on any atom is 0.0579 e. The molecule has 0 unspecified atom stereocenters. The van der Waals surface area contributed by atoms with Crippen molar-refractivity contribution in [3.63, 3.8) is 0 Å². The molecule has 1 aliphatic rings. The van der Waals surface area contributed by atoms with E-state index in [0.29, 0.717) is 16.1 Å². The van der Waals surface area contributed by atoms with Gasteiger partial charge in [0.25, 0.3) is 0 Å². The van der Waals surface area contributed by atoms with Gasteiger partial charge in [-0.3, -0.25) is 0 Å². The van der Waals surface area contributed by atoms with Gasteiger partial charge in [0.15, 0.2) is 0 Å². The zero-order valence-electron chi connectivity index (χ0n) is 7.50. The molecule has 2 N–H and O–H groups in total. The summed E-state index contributed by atoms with van der Waals surface area (Å²) in [6.45, 7) is 0. The highest BCUT2D eigenvalue weighted by molar-refractivity contribution is 6.35.